The first kappa shape index (κ1) is 53.5. The van der Waals surface area contributed by atoms with E-state index in [1.807, 2.05) is 55.6 Å². The maximum absolute atomic E-state index is 15.0. The Morgan fingerprint density at radius 2 is 1.40 bits per heavy atom. The fourth-order valence-corrected chi connectivity index (χ4v) is 12.5. The molecule has 352 valence electrons. The third-order valence-electron chi connectivity index (χ3n) is 13.3. The van der Waals surface area contributed by atoms with Gasteiger partial charge in [-0.3, -0.25) is 4.79 Å². The predicted molar refractivity (Wildman–Crippen MR) is 238 cm³/mol. The van der Waals surface area contributed by atoms with Crippen LogP contribution >= 0.6 is 0 Å². The van der Waals surface area contributed by atoms with E-state index in [1.54, 1.807) is 34.8 Å². The van der Waals surface area contributed by atoms with E-state index in [0.717, 1.165) is 0 Å². The summed E-state index contributed by atoms with van der Waals surface area (Å²) >= 11 is 0. The average Bonchev–Trinajstić information content (AvgIpc) is 3.09. The summed E-state index contributed by atoms with van der Waals surface area (Å²) < 4.78 is 47.2. The third-order valence-corrected chi connectivity index (χ3v) is 15.2. The van der Waals surface area contributed by atoms with Gasteiger partial charge in [0, 0.05) is 55.6 Å². The molecule has 4 N–H and O–H groups in total. The molecule has 3 fully saturated rings. The summed E-state index contributed by atoms with van der Waals surface area (Å²) in [6.07, 6.45) is -5.21. The number of hydrogen-bond donors (Lipinski definition) is 4. The van der Waals surface area contributed by atoms with Gasteiger partial charge in [-0.05, 0) is 107 Å². The second kappa shape index (κ2) is 20.5. The normalized spacial score (nSPS) is 45.5. The summed E-state index contributed by atoms with van der Waals surface area (Å²) in [4.78, 5) is 17.1. The molecule has 2 heterocycles. The lowest BCUT2D eigenvalue weighted by Crippen LogP contribution is -2.62. The fraction of sp³-hybridized carbons (Fsp3) is 0.955. The number of likely N-dealkylation sites (N-methyl/N-ethyl adjacent to an activating group) is 1. The molecule has 3 rings (SSSR count). The first-order valence-electron chi connectivity index (χ1n) is 22.4. The molecule has 14 nitrogen and oxygen atoms in total. The van der Waals surface area contributed by atoms with Gasteiger partial charge in [0.15, 0.2) is 29.2 Å². The van der Waals surface area contributed by atoms with Crippen molar-refractivity contribution in [2.24, 2.45) is 34.7 Å². The SMILES string of the molecule is CC[C@H]1C(=O)[C@H](C)[C@@H](O[C@H]2C[C@@](C)(OC)[C@@H](O[Si](C)(C)C)[C@H](C)O2)[C@H](C)[C@@H](O[C@H]2O[C@H](C)C[C@H](N(C)C)[C@H]2O[Si](C)(C)C)[C@](C)(O)C[C@@H](C)/C(=N\O)[C@H](C)[C@@H](O)C[C@]1(C)O. The van der Waals surface area contributed by atoms with Gasteiger partial charge in [0.05, 0.1) is 59.1 Å². The number of ketones is 1. The quantitative estimate of drug-likeness (QED) is 0.102. The fourth-order valence-electron chi connectivity index (χ4n) is 10.2. The molecular formula is C44H86N2O12Si2. The largest absolute Gasteiger partial charge is 0.411 e. The summed E-state index contributed by atoms with van der Waals surface area (Å²) in [5.41, 5.74) is -3.81. The Bertz CT molecular complexity index is 1420. The Hall–Kier alpha value is -0.866. The van der Waals surface area contributed by atoms with Crippen LogP contribution < -0.4 is 0 Å². The third kappa shape index (κ3) is 13.1. The van der Waals surface area contributed by atoms with Crippen molar-refractivity contribution >= 4 is 28.1 Å². The number of Topliss-reactive ketones (excluding diaryl/α,β-unsaturated/α-hetero) is 1. The molecule has 60 heavy (non-hydrogen) atoms. The van der Waals surface area contributed by atoms with E-state index in [9.17, 15) is 25.3 Å². The number of rotatable bonds is 11. The number of carbonyl (C=O) groups is 1. The van der Waals surface area contributed by atoms with Gasteiger partial charge in [-0.2, -0.15) is 0 Å². The number of aliphatic hydroxyl groups is 3. The average molecular weight is 891 g/mol. The van der Waals surface area contributed by atoms with Crippen molar-refractivity contribution in [2.75, 3.05) is 21.2 Å². The topological polar surface area (TPSA) is 178 Å². The summed E-state index contributed by atoms with van der Waals surface area (Å²) in [5.74, 6) is -3.97. The lowest BCUT2D eigenvalue weighted by molar-refractivity contribution is -0.314. The van der Waals surface area contributed by atoms with Gasteiger partial charge in [0.2, 0.25) is 0 Å². The van der Waals surface area contributed by atoms with E-state index in [-0.39, 0.29) is 49.0 Å². The molecule has 2 saturated heterocycles. The maximum atomic E-state index is 15.0. The monoisotopic (exact) mass is 891 g/mol. The number of hydrogen-bond acceptors (Lipinski definition) is 14. The van der Waals surface area contributed by atoms with Crippen molar-refractivity contribution in [1.82, 2.24) is 4.90 Å². The number of methoxy groups -OCH3 is 1. The summed E-state index contributed by atoms with van der Waals surface area (Å²) in [6.45, 7) is 31.1. The molecule has 0 aromatic heterocycles. The van der Waals surface area contributed by atoms with Crippen molar-refractivity contribution in [3.63, 3.8) is 0 Å². The molecule has 0 bridgehead atoms. The number of carbonyl (C=O) groups excluding carboxylic acids is 1. The molecule has 16 heteroatoms. The van der Waals surface area contributed by atoms with Gasteiger partial charge >= 0.3 is 0 Å². The minimum absolute atomic E-state index is 0.0504. The molecule has 0 amide bonds. The zero-order valence-corrected chi connectivity index (χ0v) is 42.6. The summed E-state index contributed by atoms with van der Waals surface area (Å²) in [7, 11) is 1.47. The minimum Gasteiger partial charge on any atom is -0.411 e. The molecule has 0 radical (unpaired) electrons. The van der Waals surface area contributed by atoms with E-state index in [4.69, 9.17) is 32.5 Å². The van der Waals surface area contributed by atoms with Crippen molar-refractivity contribution in [1.29, 1.82) is 0 Å². The van der Waals surface area contributed by atoms with Crippen LogP contribution in [-0.2, 0) is 37.3 Å². The van der Waals surface area contributed by atoms with E-state index >= 15 is 0 Å². The van der Waals surface area contributed by atoms with Crippen molar-refractivity contribution in [2.45, 2.75) is 219 Å². The van der Waals surface area contributed by atoms with E-state index in [0.29, 0.717) is 12.8 Å². The maximum Gasteiger partial charge on any atom is 0.184 e. The Morgan fingerprint density at radius 1 is 0.817 bits per heavy atom. The van der Waals surface area contributed by atoms with Crippen LogP contribution in [0.3, 0.4) is 0 Å². The number of ether oxygens (including phenoxy) is 5. The van der Waals surface area contributed by atoms with Gasteiger partial charge in [0.1, 0.15) is 11.9 Å². The van der Waals surface area contributed by atoms with Crippen LogP contribution in [0, 0.1) is 29.6 Å². The van der Waals surface area contributed by atoms with Crippen LogP contribution in [0.4, 0.5) is 0 Å². The van der Waals surface area contributed by atoms with Crippen LogP contribution in [0.5, 0.6) is 0 Å². The Balaban J connectivity index is 2.30. The Labute approximate surface area is 364 Å². The molecule has 2 aliphatic heterocycles. The zero-order chi connectivity index (χ0) is 46.1. The first-order valence-corrected chi connectivity index (χ1v) is 29.2. The molecule has 0 aromatic rings. The van der Waals surface area contributed by atoms with Gasteiger partial charge in [-0.25, -0.2) is 0 Å². The van der Waals surface area contributed by atoms with E-state index in [1.165, 1.54) is 0 Å². The summed E-state index contributed by atoms with van der Waals surface area (Å²) in [6, 6.07) is -0.0612. The van der Waals surface area contributed by atoms with E-state index < -0.39 is 106 Å². The highest BCUT2D eigenvalue weighted by molar-refractivity contribution is 6.70. The van der Waals surface area contributed by atoms with Gasteiger partial charge < -0.3 is 58.0 Å². The molecule has 1 saturated carbocycles. The molecule has 1 aliphatic carbocycles. The molecular weight excluding hydrogens is 805 g/mol. The Morgan fingerprint density at radius 3 is 1.90 bits per heavy atom. The highest BCUT2D eigenvalue weighted by atomic mass is 28.4. The molecule has 18 atom stereocenters. The van der Waals surface area contributed by atoms with Gasteiger partial charge in [-0.1, -0.05) is 39.8 Å². The smallest absolute Gasteiger partial charge is 0.184 e. The second-order valence-corrected chi connectivity index (χ2v) is 30.4. The molecule has 0 unspecified atom stereocenters. The van der Waals surface area contributed by atoms with Crippen LogP contribution in [0.15, 0.2) is 5.16 Å². The van der Waals surface area contributed by atoms with Crippen LogP contribution in [0.25, 0.3) is 0 Å². The highest BCUT2D eigenvalue weighted by Gasteiger charge is 2.54. The van der Waals surface area contributed by atoms with Crippen molar-refractivity contribution in [3.05, 3.63) is 0 Å². The van der Waals surface area contributed by atoms with Crippen LogP contribution in [0.1, 0.15) is 101 Å². The summed E-state index contributed by atoms with van der Waals surface area (Å²) in [5, 5.41) is 50.7. The molecule has 0 spiro atoms. The van der Waals surface area contributed by atoms with Crippen molar-refractivity contribution in [3.8, 4) is 0 Å². The first-order chi connectivity index (χ1) is 27.3. The highest BCUT2D eigenvalue weighted by Crippen LogP contribution is 2.43. The van der Waals surface area contributed by atoms with Crippen molar-refractivity contribution < 1.29 is 57.9 Å². The standard InChI is InChI=1S/C44H86N2O12Si2/c1-20-31-36(48)28(5)37(55-34-24-44(10,52-13)40(30(7)54-34)58-60(17,18)19)29(6)39(56-41-38(57-59(14,15)16)32(46(11)12)21-26(3)53-41)43(9,50)22-25(2)35(45-51)27(4)33(47)23-42(31,8)49/h25-34,37-41,47,49-51H,20-24H2,1-19H3/b45-35+/t25-,26-,27-,28+,29+,30+,31+,32+,33+,34+,37-,38-,39-,40+,41-,42+,43-,44-/m1/s1. The molecule has 0 aromatic carbocycles. The second-order valence-electron chi connectivity index (χ2n) is 21.5. The minimum atomic E-state index is -2.19. The number of oxime groups is 1. The molecule has 3 aliphatic rings. The van der Waals surface area contributed by atoms with Crippen LogP contribution in [0.2, 0.25) is 39.3 Å². The van der Waals surface area contributed by atoms with E-state index in [2.05, 4.69) is 49.3 Å². The van der Waals surface area contributed by atoms with Gasteiger partial charge in [0.25, 0.3) is 0 Å². The lowest BCUT2D eigenvalue weighted by atomic mass is 9.69. The number of nitrogens with zero attached hydrogens (tertiary/aromatic N) is 2. The zero-order valence-electron chi connectivity index (χ0n) is 40.6. The lowest BCUT2D eigenvalue weighted by Gasteiger charge is -2.51. The number of aliphatic hydroxyl groups excluding tert-OH is 1. The predicted octanol–water partition coefficient (Wildman–Crippen LogP) is 6.43. The Kier molecular flexibility index (Phi) is 18.3. The van der Waals surface area contributed by atoms with Crippen LogP contribution in [-0.4, -0.2) is 153 Å². The van der Waals surface area contributed by atoms with Gasteiger partial charge in [-0.15, -0.1) is 0 Å².